The van der Waals surface area contributed by atoms with E-state index in [0.29, 0.717) is 25.9 Å². The first-order valence-electron chi connectivity index (χ1n) is 11.1. The lowest BCUT2D eigenvalue weighted by molar-refractivity contribution is -0.138. The van der Waals surface area contributed by atoms with Crippen molar-refractivity contribution in [1.29, 1.82) is 0 Å². The Morgan fingerprint density at radius 3 is 2.23 bits per heavy atom. The molecule has 4 rings (SSSR count). The molecule has 0 saturated carbocycles. The molecule has 1 N–H and O–H groups in total. The summed E-state index contributed by atoms with van der Waals surface area (Å²) in [4.78, 5) is 17.7. The van der Waals surface area contributed by atoms with Gasteiger partial charge in [-0.2, -0.15) is 0 Å². The van der Waals surface area contributed by atoms with Gasteiger partial charge in [0.05, 0.1) is 10.8 Å². The Labute approximate surface area is 185 Å². The van der Waals surface area contributed by atoms with E-state index in [1.165, 1.54) is 5.56 Å². The SMILES string of the molecule is O=C(C1CCCN(Cc2ccccc2)C1)N1CCC(NS(=O)(=O)c2ccccc2)CC1. The number of nitrogens with one attached hydrogen (secondary N) is 1. The van der Waals surface area contributed by atoms with Crippen LogP contribution in [0.3, 0.4) is 0 Å². The minimum absolute atomic E-state index is 0.0371. The molecule has 1 atom stereocenters. The van der Waals surface area contributed by atoms with Gasteiger partial charge in [-0.05, 0) is 49.9 Å². The molecule has 1 amide bonds. The van der Waals surface area contributed by atoms with E-state index in [4.69, 9.17) is 0 Å². The molecule has 31 heavy (non-hydrogen) atoms. The standard InChI is InChI=1S/C24H31N3O3S/c28-24(21-10-7-15-26(19-21)18-20-8-3-1-4-9-20)27-16-13-22(14-17-27)25-31(29,30)23-11-5-2-6-12-23/h1-6,8-9,11-12,21-22,25H,7,10,13-19H2. The summed E-state index contributed by atoms with van der Waals surface area (Å²) in [6, 6.07) is 18.7. The van der Waals surface area contributed by atoms with E-state index in [1.54, 1.807) is 30.3 Å². The predicted octanol–water partition coefficient (Wildman–Crippen LogP) is 2.87. The van der Waals surface area contributed by atoms with Crippen molar-refractivity contribution in [3.05, 3.63) is 66.2 Å². The third kappa shape index (κ3) is 5.73. The van der Waals surface area contributed by atoms with Crippen LogP contribution in [0.5, 0.6) is 0 Å². The van der Waals surface area contributed by atoms with Crippen molar-refractivity contribution in [1.82, 2.24) is 14.5 Å². The predicted molar refractivity (Wildman–Crippen MR) is 121 cm³/mol. The Kier molecular flexibility index (Phi) is 7.05. The molecule has 0 spiro atoms. The van der Waals surface area contributed by atoms with Crippen molar-refractivity contribution in [3.8, 4) is 0 Å². The highest BCUT2D eigenvalue weighted by Gasteiger charge is 2.32. The summed E-state index contributed by atoms with van der Waals surface area (Å²) in [5.41, 5.74) is 1.28. The summed E-state index contributed by atoms with van der Waals surface area (Å²) >= 11 is 0. The third-order valence-corrected chi connectivity index (χ3v) is 7.82. The quantitative estimate of drug-likeness (QED) is 0.748. The van der Waals surface area contributed by atoms with E-state index >= 15 is 0 Å². The van der Waals surface area contributed by atoms with Gasteiger partial charge >= 0.3 is 0 Å². The molecule has 2 aromatic rings. The van der Waals surface area contributed by atoms with Gasteiger partial charge in [-0.25, -0.2) is 13.1 Å². The van der Waals surface area contributed by atoms with Gasteiger partial charge in [0.15, 0.2) is 0 Å². The Hall–Kier alpha value is -2.22. The van der Waals surface area contributed by atoms with Crippen LogP contribution in [0.15, 0.2) is 65.6 Å². The maximum Gasteiger partial charge on any atom is 0.240 e. The highest BCUT2D eigenvalue weighted by molar-refractivity contribution is 7.89. The van der Waals surface area contributed by atoms with Crippen molar-refractivity contribution in [2.24, 2.45) is 5.92 Å². The van der Waals surface area contributed by atoms with Crippen LogP contribution in [0.4, 0.5) is 0 Å². The van der Waals surface area contributed by atoms with Crippen LogP contribution in [0.25, 0.3) is 0 Å². The van der Waals surface area contributed by atoms with E-state index in [1.807, 2.05) is 11.0 Å². The maximum absolute atomic E-state index is 13.1. The van der Waals surface area contributed by atoms with E-state index in [-0.39, 0.29) is 22.8 Å². The summed E-state index contributed by atoms with van der Waals surface area (Å²) in [7, 11) is -3.52. The van der Waals surface area contributed by atoms with Crippen molar-refractivity contribution in [3.63, 3.8) is 0 Å². The number of hydrogen-bond acceptors (Lipinski definition) is 4. The molecule has 0 aromatic heterocycles. The van der Waals surface area contributed by atoms with Gasteiger partial charge in [0, 0.05) is 32.2 Å². The normalized spacial score (nSPS) is 21.2. The zero-order chi connectivity index (χ0) is 21.7. The highest BCUT2D eigenvalue weighted by atomic mass is 32.2. The van der Waals surface area contributed by atoms with Crippen molar-refractivity contribution < 1.29 is 13.2 Å². The number of amides is 1. The fourth-order valence-electron chi connectivity index (χ4n) is 4.61. The minimum Gasteiger partial charge on any atom is -0.342 e. The average Bonchev–Trinajstić information content (AvgIpc) is 2.80. The molecule has 1 unspecified atom stereocenters. The number of sulfonamides is 1. The lowest BCUT2D eigenvalue weighted by atomic mass is 9.94. The van der Waals surface area contributed by atoms with Crippen LogP contribution in [-0.4, -0.2) is 56.3 Å². The first-order chi connectivity index (χ1) is 15.0. The average molecular weight is 442 g/mol. The lowest BCUT2D eigenvalue weighted by Crippen LogP contribution is -2.50. The van der Waals surface area contributed by atoms with Gasteiger partial charge in [-0.3, -0.25) is 9.69 Å². The van der Waals surface area contributed by atoms with Crippen LogP contribution in [0, 0.1) is 5.92 Å². The molecule has 0 aliphatic carbocycles. The van der Waals surface area contributed by atoms with E-state index in [0.717, 1.165) is 32.5 Å². The highest BCUT2D eigenvalue weighted by Crippen LogP contribution is 2.23. The summed E-state index contributed by atoms with van der Waals surface area (Å²) in [5, 5.41) is 0. The van der Waals surface area contributed by atoms with Crippen LogP contribution in [0.2, 0.25) is 0 Å². The van der Waals surface area contributed by atoms with Gasteiger partial charge in [0.1, 0.15) is 0 Å². The second-order valence-corrected chi connectivity index (χ2v) is 10.3. The number of piperidine rings is 2. The number of benzene rings is 2. The number of rotatable bonds is 6. The van der Waals surface area contributed by atoms with Crippen LogP contribution < -0.4 is 4.72 Å². The summed E-state index contributed by atoms with van der Waals surface area (Å²) in [5.74, 6) is 0.261. The summed E-state index contributed by atoms with van der Waals surface area (Å²) < 4.78 is 27.9. The zero-order valence-corrected chi connectivity index (χ0v) is 18.6. The van der Waals surface area contributed by atoms with E-state index in [2.05, 4.69) is 33.9 Å². The topological polar surface area (TPSA) is 69.7 Å². The monoisotopic (exact) mass is 441 g/mol. The molecule has 2 heterocycles. The van der Waals surface area contributed by atoms with Gasteiger partial charge in [-0.1, -0.05) is 48.5 Å². The van der Waals surface area contributed by atoms with Crippen molar-refractivity contribution >= 4 is 15.9 Å². The Bertz CT molecular complexity index is 958. The smallest absolute Gasteiger partial charge is 0.240 e. The first kappa shape index (κ1) is 22.0. The van der Waals surface area contributed by atoms with Gasteiger partial charge in [0.2, 0.25) is 15.9 Å². The van der Waals surface area contributed by atoms with Crippen molar-refractivity contribution in [2.45, 2.75) is 43.2 Å². The Balaban J connectivity index is 1.28. The zero-order valence-electron chi connectivity index (χ0n) is 17.8. The second-order valence-electron chi connectivity index (χ2n) is 8.59. The van der Waals surface area contributed by atoms with Crippen LogP contribution in [-0.2, 0) is 21.4 Å². The number of likely N-dealkylation sites (tertiary alicyclic amines) is 2. The molecule has 6 nitrogen and oxygen atoms in total. The van der Waals surface area contributed by atoms with Gasteiger partial charge < -0.3 is 4.90 Å². The fourth-order valence-corrected chi connectivity index (χ4v) is 5.93. The van der Waals surface area contributed by atoms with Crippen LogP contribution in [0.1, 0.15) is 31.2 Å². The maximum atomic E-state index is 13.1. The number of hydrogen-bond donors (Lipinski definition) is 1. The first-order valence-corrected chi connectivity index (χ1v) is 12.6. The molecule has 0 radical (unpaired) electrons. The number of carbonyl (C=O) groups is 1. The Morgan fingerprint density at radius 1 is 0.903 bits per heavy atom. The Morgan fingerprint density at radius 2 is 1.55 bits per heavy atom. The molecule has 2 fully saturated rings. The molecule has 0 bridgehead atoms. The molecule has 2 aromatic carbocycles. The molecule has 2 saturated heterocycles. The van der Waals surface area contributed by atoms with E-state index < -0.39 is 10.0 Å². The minimum atomic E-state index is -3.52. The molecule has 2 aliphatic heterocycles. The molecule has 7 heteroatoms. The molecular weight excluding hydrogens is 410 g/mol. The lowest BCUT2D eigenvalue weighted by Gasteiger charge is -2.38. The van der Waals surface area contributed by atoms with Crippen molar-refractivity contribution in [2.75, 3.05) is 26.2 Å². The molecule has 2 aliphatic rings. The summed E-state index contributed by atoms with van der Waals surface area (Å²) in [6.07, 6.45) is 3.28. The number of carbonyl (C=O) groups excluding carboxylic acids is 1. The molecule has 166 valence electrons. The summed E-state index contributed by atoms with van der Waals surface area (Å²) in [6.45, 7) is 3.93. The number of nitrogens with zero attached hydrogens (tertiary/aromatic N) is 2. The fraction of sp³-hybridized carbons (Fsp3) is 0.458. The third-order valence-electron chi connectivity index (χ3n) is 6.29. The largest absolute Gasteiger partial charge is 0.342 e. The van der Waals surface area contributed by atoms with Gasteiger partial charge in [-0.15, -0.1) is 0 Å². The van der Waals surface area contributed by atoms with Gasteiger partial charge in [0.25, 0.3) is 0 Å². The molecular formula is C24H31N3O3S. The van der Waals surface area contributed by atoms with E-state index in [9.17, 15) is 13.2 Å². The second kappa shape index (κ2) is 9.94. The van der Waals surface area contributed by atoms with Crippen LogP contribution >= 0.6 is 0 Å².